The van der Waals surface area contributed by atoms with E-state index in [0.717, 1.165) is 76.1 Å². The zero-order valence-corrected chi connectivity index (χ0v) is 23.7. The number of ether oxygens (including phenoxy) is 1. The maximum Gasteiger partial charge on any atom is 0.147 e. The molecule has 0 spiro atoms. The second-order valence-electron chi connectivity index (χ2n) is 10.2. The van der Waals surface area contributed by atoms with E-state index in [0.29, 0.717) is 13.2 Å². The standard InChI is InChI=1S/C34H40N4O2/c1-26-15-9-12-18-31(26)36-35-29-20-21-32(27(2)25-29)37-38-34-30-17-11-10-16-28(30)19-22-33(34)40-24-14-8-6-4-3-5-7-13-23-39/h9-12,15-22,25,39H,3-8,13-14,23-24H2,1-2H3/b36-35+,38-37+. The molecule has 6 nitrogen and oxygen atoms in total. The highest BCUT2D eigenvalue weighted by Crippen LogP contribution is 2.38. The molecule has 6 heteroatoms. The predicted octanol–water partition coefficient (Wildman–Crippen LogP) is 10.8. The van der Waals surface area contributed by atoms with E-state index in [1.807, 2.05) is 74.5 Å². The SMILES string of the molecule is Cc1ccccc1/N=N/c1ccc(/N=N/c2c(OCCCCCCCCCCO)ccc3ccccc23)c(C)c1. The van der Waals surface area contributed by atoms with Crippen molar-refractivity contribution in [1.82, 2.24) is 0 Å². The van der Waals surface area contributed by atoms with Crippen molar-refractivity contribution < 1.29 is 9.84 Å². The molecule has 0 aliphatic heterocycles. The number of fused-ring (bicyclic) bond motifs is 1. The van der Waals surface area contributed by atoms with Crippen molar-refractivity contribution in [1.29, 1.82) is 0 Å². The summed E-state index contributed by atoms with van der Waals surface area (Å²) in [5.41, 5.74) is 5.24. The van der Waals surface area contributed by atoms with E-state index in [4.69, 9.17) is 15.0 Å². The summed E-state index contributed by atoms with van der Waals surface area (Å²) in [6.45, 7) is 5.00. The molecule has 0 saturated carbocycles. The zero-order valence-electron chi connectivity index (χ0n) is 23.7. The maximum absolute atomic E-state index is 8.88. The summed E-state index contributed by atoms with van der Waals surface area (Å²) in [6, 6.07) is 26.0. The van der Waals surface area contributed by atoms with Gasteiger partial charge in [0.1, 0.15) is 11.4 Å². The third-order valence-electron chi connectivity index (χ3n) is 7.00. The van der Waals surface area contributed by atoms with Crippen LogP contribution in [0.2, 0.25) is 0 Å². The quantitative estimate of drug-likeness (QED) is 0.121. The molecule has 0 aromatic heterocycles. The smallest absolute Gasteiger partial charge is 0.147 e. The van der Waals surface area contributed by atoms with Gasteiger partial charge in [0.05, 0.1) is 23.7 Å². The Morgan fingerprint density at radius 1 is 0.600 bits per heavy atom. The maximum atomic E-state index is 8.88. The summed E-state index contributed by atoms with van der Waals surface area (Å²) < 4.78 is 6.22. The Bertz CT molecular complexity index is 1430. The lowest BCUT2D eigenvalue weighted by Gasteiger charge is -2.11. The van der Waals surface area contributed by atoms with E-state index in [1.165, 1.54) is 25.7 Å². The lowest BCUT2D eigenvalue weighted by molar-refractivity contribution is 0.282. The number of benzene rings is 4. The number of unbranched alkanes of at least 4 members (excludes halogenated alkanes) is 7. The van der Waals surface area contributed by atoms with Crippen molar-refractivity contribution in [3.05, 3.63) is 90.0 Å². The Morgan fingerprint density at radius 2 is 1.27 bits per heavy atom. The van der Waals surface area contributed by atoms with Crippen LogP contribution in [0.4, 0.5) is 22.7 Å². The molecule has 4 rings (SSSR count). The van der Waals surface area contributed by atoms with Gasteiger partial charge in [0.25, 0.3) is 0 Å². The molecule has 0 radical (unpaired) electrons. The summed E-state index contributed by atoms with van der Waals surface area (Å²) >= 11 is 0. The summed E-state index contributed by atoms with van der Waals surface area (Å²) in [5, 5.41) is 29.1. The van der Waals surface area contributed by atoms with E-state index in [1.54, 1.807) is 0 Å². The minimum absolute atomic E-state index is 0.307. The van der Waals surface area contributed by atoms with Gasteiger partial charge in [0, 0.05) is 12.0 Å². The number of aliphatic hydroxyl groups excluding tert-OH is 1. The van der Waals surface area contributed by atoms with Crippen molar-refractivity contribution in [2.75, 3.05) is 13.2 Å². The van der Waals surface area contributed by atoms with Gasteiger partial charge in [-0.1, -0.05) is 87.1 Å². The molecule has 4 aromatic carbocycles. The predicted molar refractivity (Wildman–Crippen MR) is 164 cm³/mol. The monoisotopic (exact) mass is 536 g/mol. The summed E-state index contributed by atoms with van der Waals surface area (Å²) in [6.07, 6.45) is 9.12. The Morgan fingerprint density at radius 3 is 2.05 bits per heavy atom. The third kappa shape index (κ3) is 8.55. The molecule has 1 N–H and O–H groups in total. The first kappa shape index (κ1) is 29.1. The van der Waals surface area contributed by atoms with Gasteiger partial charge in [0.15, 0.2) is 0 Å². The number of aryl methyl sites for hydroxylation is 2. The molecular formula is C34H40N4O2. The van der Waals surface area contributed by atoms with E-state index in [2.05, 4.69) is 33.5 Å². The van der Waals surface area contributed by atoms with Gasteiger partial charge < -0.3 is 9.84 Å². The fraction of sp³-hybridized carbons (Fsp3) is 0.353. The molecular weight excluding hydrogens is 496 g/mol. The van der Waals surface area contributed by atoms with Crippen LogP contribution < -0.4 is 4.74 Å². The topological polar surface area (TPSA) is 78.9 Å². The average molecular weight is 537 g/mol. The molecule has 0 aliphatic rings. The van der Waals surface area contributed by atoms with E-state index < -0.39 is 0 Å². The first-order valence-electron chi connectivity index (χ1n) is 14.4. The van der Waals surface area contributed by atoms with Crippen molar-refractivity contribution >= 4 is 33.5 Å². The fourth-order valence-electron chi connectivity index (χ4n) is 4.62. The summed E-state index contributed by atoms with van der Waals surface area (Å²) in [7, 11) is 0. The number of rotatable bonds is 15. The number of hydrogen-bond donors (Lipinski definition) is 1. The van der Waals surface area contributed by atoms with Gasteiger partial charge >= 0.3 is 0 Å². The van der Waals surface area contributed by atoms with Gasteiger partial charge in [-0.2, -0.15) is 15.3 Å². The molecule has 0 atom stereocenters. The van der Waals surface area contributed by atoms with Crippen LogP contribution >= 0.6 is 0 Å². The molecule has 40 heavy (non-hydrogen) atoms. The molecule has 0 bridgehead atoms. The van der Waals surface area contributed by atoms with Crippen LogP contribution in [0.25, 0.3) is 10.8 Å². The third-order valence-corrected chi connectivity index (χ3v) is 7.00. The Labute approximate surface area is 237 Å². The lowest BCUT2D eigenvalue weighted by atomic mass is 10.1. The van der Waals surface area contributed by atoms with Crippen LogP contribution in [-0.4, -0.2) is 18.3 Å². The highest BCUT2D eigenvalue weighted by molar-refractivity contribution is 5.95. The number of aliphatic hydroxyl groups is 1. The van der Waals surface area contributed by atoms with Crippen molar-refractivity contribution in [2.45, 2.75) is 65.2 Å². The lowest BCUT2D eigenvalue weighted by Crippen LogP contribution is -1.98. The van der Waals surface area contributed by atoms with Gasteiger partial charge in [-0.05, 0) is 73.5 Å². The normalized spacial score (nSPS) is 11.7. The number of hydrogen-bond acceptors (Lipinski definition) is 6. The molecule has 0 amide bonds. The Balaban J connectivity index is 1.41. The Hall–Kier alpha value is -3.90. The Kier molecular flexibility index (Phi) is 11.4. The van der Waals surface area contributed by atoms with Crippen molar-refractivity contribution in [2.24, 2.45) is 20.5 Å². The van der Waals surface area contributed by atoms with E-state index in [-0.39, 0.29) is 0 Å². The van der Waals surface area contributed by atoms with Crippen LogP contribution in [0.15, 0.2) is 99.3 Å². The summed E-state index contributed by atoms with van der Waals surface area (Å²) in [5.74, 6) is 0.757. The van der Waals surface area contributed by atoms with Gasteiger partial charge in [-0.25, -0.2) is 0 Å². The van der Waals surface area contributed by atoms with Crippen molar-refractivity contribution in [3.8, 4) is 5.75 Å². The highest BCUT2D eigenvalue weighted by Gasteiger charge is 2.09. The van der Waals surface area contributed by atoms with Crippen LogP contribution in [0, 0.1) is 13.8 Å². The van der Waals surface area contributed by atoms with Crippen LogP contribution in [0.5, 0.6) is 5.75 Å². The van der Waals surface area contributed by atoms with E-state index >= 15 is 0 Å². The molecule has 4 aromatic rings. The molecule has 0 heterocycles. The van der Waals surface area contributed by atoms with Crippen LogP contribution in [0.1, 0.15) is 62.5 Å². The second-order valence-corrected chi connectivity index (χ2v) is 10.2. The molecule has 0 saturated heterocycles. The van der Waals surface area contributed by atoms with Gasteiger partial charge in [0.2, 0.25) is 0 Å². The van der Waals surface area contributed by atoms with Crippen molar-refractivity contribution in [3.63, 3.8) is 0 Å². The largest absolute Gasteiger partial charge is 0.491 e. The fourth-order valence-corrected chi connectivity index (χ4v) is 4.62. The van der Waals surface area contributed by atoms with Crippen LogP contribution in [-0.2, 0) is 0 Å². The minimum Gasteiger partial charge on any atom is -0.491 e. The molecule has 208 valence electrons. The molecule has 0 aliphatic carbocycles. The molecule has 0 fully saturated rings. The second kappa shape index (κ2) is 15.6. The molecule has 0 unspecified atom stereocenters. The first-order chi connectivity index (χ1) is 19.7. The summed E-state index contributed by atoms with van der Waals surface area (Å²) in [4.78, 5) is 0. The zero-order chi connectivity index (χ0) is 28.0. The van der Waals surface area contributed by atoms with Crippen LogP contribution in [0.3, 0.4) is 0 Å². The highest BCUT2D eigenvalue weighted by atomic mass is 16.5. The van der Waals surface area contributed by atoms with Gasteiger partial charge in [-0.15, -0.1) is 5.11 Å². The number of azo groups is 2. The minimum atomic E-state index is 0.307. The first-order valence-corrected chi connectivity index (χ1v) is 14.4. The van der Waals surface area contributed by atoms with E-state index in [9.17, 15) is 0 Å². The van der Waals surface area contributed by atoms with Gasteiger partial charge in [-0.3, -0.25) is 0 Å². The number of nitrogens with zero attached hydrogens (tertiary/aromatic N) is 4. The average Bonchev–Trinajstić information content (AvgIpc) is 2.97.